The van der Waals surface area contributed by atoms with Crippen molar-refractivity contribution < 1.29 is 4.79 Å². The molecule has 1 amide bonds. The van der Waals surface area contributed by atoms with Crippen LogP contribution in [0.4, 0.5) is 5.00 Å². The van der Waals surface area contributed by atoms with Crippen LogP contribution in [-0.4, -0.2) is 5.91 Å². The Hall–Kier alpha value is -1.83. The predicted octanol–water partition coefficient (Wildman–Crippen LogP) is 4.33. The Kier molecular flexibility index (Phi) is 5.00. The maximum atomic E-state index is 12.1. The topological polar surface area (TPSA) is 52.9 Å². The first-order valence-corrected chi connectivity index (χ1v) is 7.81. The third-order valence-corrected chi connectivity index (χ3v) is 4.67. The van der Waals surface area contributed by atoms with Gasteiger partial charge in [0.1, 0.15) is 11.1 Å². The van der Waals surface area contributed by atoms with Gasteiger partial charge in [-0.3, -0.25) is 4.79 Å². The van der Waals surface area contributed by atoms with Crippen LogP contribution in [0, 0.1) is 18.3 Å². The van der Waals surface area contributed by atoms with Crippen molar-refractivity contribution in [2.75, 3.05) is 5.32 Å². The lowest BCUT2D eigenvalue weighted by Crippen LogP contribution is -2.14. The molecule has 1 aromatic carbocycles. The third kappa shape index (κ3) is 3.44. The summed E-state index contributed by atoms with van der Waals surface area (Å²) in [5.74, 6) is -0.163. The molecule has 0 unspecified atom stereocenters. The van der Waals surface area contributed by atoms with Gasteiger partial charge in [-0.05, 0) is 30.5 Å². The quantitative estimate of drug-likeness (QED) is 0.912. The molecule has 0 spiro atoms. The van der Waals surface area contributed by atoms with Crippen LogP contribution in [-0.2, 0) is 17.6 Å². The number of nitrogens with one attached hydrogen (secondary N) is 1. The molecule has 1 heterocycles. The lowest BCUT2D eigenvalue weighted by Gasteiger charge is -2.05. The molecule has 0 atom stereocenters. The van der Waals surface area contributed by atoms with Gasteiger partial charge in [0.25, 0.3) is 0 Å². The molecule has 0 fully saturated rings. The molecule has 2 aromatic rings. The number of anilines is 1. The Morgan fingerprint density at radius 3 is 2.76 bits per heavy atom. The summed E-state index contributed by atoms with van der Waals surface area (Å²) < 4.78 is 0. The highest BCUT2D eigenvalue weighted by atomic mass is 35.5. The summed E-state index contributed by atoms with van der Waals surface area (Å²) in [7, 11) is 0. The number of hydrogen-bond donors (Lipinski definition) is 1. The molecule has 3 nitrogen and oxygen atoms in total. The summed E-state index contributed by atoms with van der Waals surface area (Å²) in [4.78, 5) is 13.2. The molecule has 1 aromatic heterocycles. The largest absolute Gasteiger partial charge is 0.316 e. The molecule has 2 rings (SSSR count). The number of benzene rings is 1. The second kappa shape index (κ2) is 6.75. The van der Waals surface area contributed by atoms with E-state index in [1.54, 1.807) is 6.07 Å². The van der Waals surface area contributed by atoms with Gasteiger partial charge in [0.15, 0.2) is 0 Å². The zero-order valence-electron chi connectivity index (χ0n) is 11.9. The molecular formula is C16H15ClN2OS. The number of aryl methyl sites for hydroxylation is 1. The minimum atomic E-state index is -0.163. The third-order valence-electron chi connectivity index (χ3n) is 3.24. The zero-order valence-corrected chi connectivity index (χ0v) is 13.4. The van der Waals surface area contributed by atoms with Crippen molar-refractivity contribution in [3.63, 3.8) is 0 Å². The molecule has 0 saturated heterocycles. The summed E-state index contributed by atoms with van der Waals surface area (Å²) in [5.41, 5.74) is 2.36. The minimum Gasteiger partial charge on any atom is -0.316 e. The van der Waals surface area contributed by atoms with Gasteiger partial charge >= 0.3 is 0 Å². The average Bonchev–Trinajstić information content (AvgIpc) is 2.75. The smallest absolute Gasteiger partial charge is 0.229 e. The number of hydrogen-bond acceptors (Lipinski definition) is 3. The standard InChI is InChI=1S/C16H15ClN2OS/c1-3-12-10(2)21-16(13(12)9-18)19-15(20)8-11-6-4-5-7-14(11)17/h4-7H,3,8H2,1-2H3,(H,19,20). The van der Waals surface area contributed by atoms with Gasteiger partial charge in [-0.25, -0.2) is 0 Å². The fourth-order valence-electron chi connectivity index (χ4n) is 2.20. The first-order valence-electron chi connectivity index (χ1n) is 6.62. The van der Waals surface area contributed by atoms with Crippen LogP contribution in [0.2, 0.25) is 5.02 Å². The Bertz CT molecular complexity index is 716. The first-order chi connectivity index (χ1) is 10.1. The highest BCUT2D eigenvalue weighted by molar-refractivity contribution is 7.16. The van der Waals surface area contributed by atoms with Crippen molar-refractivity contribution in [2.45, 2.75) is 26.7 Å². The number of carbonyl (C=O) groups excluding carboxylic acids is 1. The van der Waals surface area contributed by atoms with Gasteiger partial charge in [0.05, 0.1) is 12.0 Å². The van der Waals surface area contributed by atoms with Gasteiger partial charge in [-0.1, -0.05) is 36.7 Å². The minimum absolute atomic E-state index is 0.163. The molecule has 0 bridgehead atoms. The van der Waals surface area contributed by atoms with Gasteiger partial charge in [-0.2, -0.15) is 5.26 Å². The number of nitrogens with zero attached hydrogens (tertiary/aromatic N) is 1. The maximum absolute atomic E-state index is 12.1. The number of carbonyl (C=O) groups is 1. The van der Waals surface area contributed by atoms with E-state index in [0.29, 0.717) is 15.6 Å². The van der Waals surface area contributed by atoms with Crippen LogP contribution in [0.25, 0.3) is 0 Å². The van der Waals surface area contributed by atoms with Crippen molar-refractivity contribution in [2.24, 2.45) is 0 Å². The molecule has 1 N–H and O–H groups in total. The summed E-state index contributed by atoms with van der Waals surface area (Å²) in [6.45, 7) is 3.97. The van der Waals surface area contributed by atoms with Crippen molar-refractivity contribution in [3.8, 4) is 6.07 Å². The molecule has 0 aliphatic carbocycles. The van der Waals surface area contributed by atoms with Crippen molar-refractivity contribution >= 4 is 33.8 Å². The lowest BCUT2D eigenvalue weighted by molar-refractivity contribution is -0.115. The Morgan fingerprint density at radius 1 is 1.43 bits per heavy atom. The highest BCUT2D eigenvalue weighted by Crippen LogP contribution is 2.32. The molecule has 5 heteroatoms. The van der Waals surface area contributed by atoms with Gasteiger partial charge < -0.3 is 5.32 Å². The van der Waals surface area contributed by atoms with Gasteiger partial charge in [0, 0.05) is 9.90 Å². The Balaban J connectivity index is 2.18. The number of amides is 1. The second-order valence-corrected chi connectivity index (χ2v) is 6.25. The Morgan fingerprint density at radius 2 is 2.14 bits per heavy atom. The second-order valence-electron chi connectivity index (χ2n) is 4.62. The van der Waals surface area contributed by atoms with E-state index >= 15 is 0 Å². The van der Waals surface area contributed by atoms with E-state index in [4.69, 9.17) is 11.6 Å². The summed E-state index contributed by atoms with van der Waals surface area (Å²) in [6, 6.07) is 9.44. The molecule has 108 valence electrons. The van der Waals surface area contributed by atoms with Crippen molar-refractivity contribution in [3.05, 3.63) is 50.9 Å². The van der Waals surface area contributed by atoms with Crippen LogP contribution in [0.5, 0.6) is 0 Å². The molecule has 0 aliphatic rings. The summed E-state index contributed by atoms with van der Waals surface area (Å²) in [6.07, 6.45) is 0.981. The van der Waals surface area contributed by atoms with E-state index in [9.17, 15) is 10.1 Å². The first kappa shape index (κ1) is 15.6. The van der Waals surface area contributed by atoms with E-state index in [-0.39, 0.29) is 12.3 Å². The van der Waals surface area contributed by atoms with E-state index in [1.165, 1.54) is 11.3 Å². The van der Waals surface area contributed by atoms with Crippen LogP contribution in [0.3, 0.4) is 0 Å². The highest BCUT2D eigenvalue weighted by Gasteiger charge is 2.16. The van der Waals surface area contributed by atoms with E-state index in [0.717, 1.165) is 22.4 Å². The van der Waals surface area contributed by atoms with Crippen molar-refractivity contribution in [1.29, 1.82) is 5.26 Å². The number of rotatable bonds is 4. The monoisotopic (exact) mass is 318 g/mol. The van der Waals surface area contributed by atoms with Crippen LogP contribution in [0.1, 0.15) is 28.5 Å². The normalized spacial score (nSPS) is 10.2. The molecule has 0 radical (unpaired) electrons. The van der Waals surface area contributed by atoms with Crippen LogP contribution < -0.4 is 5.32 Å². The molecule has 0 saturated carbocycles. The van der Waals surface area contributed by atoms with E-state index < -0.39 is 0 Å². The fourth-order valence-corrected chi connectivity index (χ4v) is 3.51. The van der Waals surface area contributed by atoms with Crippen molar-refractivity contribution in [1.82, 2.24) is 0 Å². The fraction of sp³-hybridized carbons (Fsp3) is 0.250. The number of nitriles is 1. The molecule has 0 aliphatic heterocycles. The molecule has 21 heavy (non-hydrogen) atoms. The predicted molar refractivity (Wildman–Crippen MR) is 86.9 cm³/mol. The van der Waals surface area contributed by atoms with E-state index in [1.807, 2.05) is 32.0 Å². The zero-order chi connectivity index (χ0) is 15.4. The maximum Gasteiger partial charge on any atom is 0.229 e. The molecular weight excluding hydrogens is 304 g/mol. The SMILES string of the molecule is CCc1c(C)sc(NC(=O)Cc2ccccc2Cl)c1C#N. The summed E-state index contributed by atoms with van der Waals surface area (Å²) in [5, 5.41) is 13.3. The average molecular weight is 319 g/mol. The number of halogens is 1. The summed E-state index contributed by atoms with van der Waals surface area (Å²) >= 11 is 7.50. The lowest BCUT2D eigenvalue weighted by atomic mass is 10.1. The van der Waals surface area contributed by atoms with Gasteiger partial charge in [-0.15, -0.1) is 11.3 Å². The van der Waals surface area contributed by atoms with Crippen LogP contribution in [0.15, 0.2) is 24.3 Å². The Labute approximate surface area is 133 Å². The van der Waals surface area contributed by atoms with E-state index in [2.05, 4.69) is 11.4 Å². The number of thiophene rings is 1. The van der Waals surface area contributed by atoms with Gasteiger partial charge in [0.2, 0.25) is 5.91 Å². The van der Waals surface area contributed by atoms with Crippen LogP contribution >= 0.6 is 22.9 Å².